The van der Waals surface area contributed by atoms with Crippen LogP contribution in [0.1, 0.15) is 0 Å². The summed E-state index contributed by atoms with van der Waals surface area (Å²) in [6, 6.07) is 7.22. The van der Waals surface area contributed by atoms with Gasteiger partial charge in [0.2, 0.25) is 5.91 Å². The molecule has 3 nitrogen and oxygen atoms in total. The highest BCUT2D eigenvalue weighted by Gasteiger charge is 2.08. The van der Waals surface area contributed by atoms with Crippen molar-refractivity contribution in [3.63, 3.8) is 0 Å². The zero-order valence-corrected chi connectivity index (χ0v) is 12.5. The Bertz CT molecular complexity index is 426. The van der Waals surface area contributed by atoms with Gasteiger partial charge in [-0.25, -0.2) is 0 Å². The summed E-state index contributed by atoms with van der Waals surface area (Å²) in [6.07, 6.45) is 1.79. The highest BCUT2D eigenvalue weighted by atomic mass is 35.5. The Morgan fingerprint density at radius 1 is 1.58 bits per heavy atom. The second kappa shape index (κ2) is 8.88. The zero-order chi connectivity index (χ0) is 14.1. The molecule has 104 valence electrons. The minimum Gasteiger partial charge on any atom is -0.492 e. The number of rotatable bonds is 8. The first-order valence-electron chi connectivity index (χ1n) is 5.94. The fourth-order valence-corrected chi connectivity index (χ4v) is 2.18. The van der Waals surface area contributed by atoms with E-state index in [-0.39, 0.29) is 5.91 Å². The molecule has 0 fully saturated rings. The summed E-state index contributed by atoms with van der Waals surface area (Å²) in [4.78, 5) is 13.4. The summed E-state index contributed by atoms with van der Waals surface area (Å²) in [6.45, 7) is 4.62. The van der Waals surface area contributed by atoms with Gasteiger partial charge in [-0.1, -0.05) is 23.7 Å². The van der Waals surface area contributed by atoms with E-state index in [1.807, 2.05) is 12.1 Å². The third-order valence-electron chi connectivity index (χ3n) is 2.38. The number of halogens is 1. The van der Waals surface area contributed by atoms with Crippen molar-refractivity contribution in [2.75, 3.05) is 31.7 Å². The van der Waals surface area contributed by atoms with Crippen LogP contribution in [0.4, 0.5) is 0 Å². The van der Waals surface area contributed by atoms with Crippen LogP contribution in [0.5, 0.6) is 5.75 Å². The second-order valence-electron chi connectivity index (χ2n) is 3.92. The van der Waals surface area contributed by atoms with Crippen LogP contribution in [-0.4, -0.2) is 42.5 Å². The smallest absolute Gasteiger partial charge is 0.232 e. The van der Waals surface area contributed by atoms with E-state index in [0.29, 0.717) is 23.9 Å². The van der Waals surface area contributed by atoms with Gasteiger partial charge in [0.25, 0.3) is 0 Å². The number of thioether (sulfide) groups is 1. The lowest BCUT2D eigenvalue weighted by Crippen LogP contribution is -2.32. The Morgan fingerprint density at radius 3 is 3.05 bits per heavy atom. The number of amides is 1. The summed E-state index contributed by atoms with van der Waals surface area (Å²) >= 11 is 7.41. The molecule has 0 bridgehead atoms. The topological polar surface area (TPSA) is 29.5 Å². The van der Waals surface area contributed by atoms with Crippen LogP contribution in [0, 0.1) is 0 Å². The molecule has 0 aromatic heterocycles. The van der Waals surface area contributed by atoms with Crippen LogP contribution in [0.25, 0.3) is 0 Å². The van der Waals surface area contributed by atoms with Crippen LogP contribution in [0.2, 0.25) is 5.02 Å². The van der Waals surface area contributed by atoms with Gasteiger partial charge < -0.3 is 9.64 Å². The average Bonchev–Trinajstić information content (AvgIpc) is 2.39. The number of nitrogens with zero attached hydrogens (tertiary/aromatic N) is 1. The molecule has 0 atom stereocenters. The zero-order valence-electron chi connectivity index (χ0n) is 11.0. The number of hydrogen-bond donors (Lipinski definition) is 0. The molecular formula is C14H18ClNO2S. The van der Waals surface area contributed by atoms with E-state index in [1.54, 1.807) is 41.9 Å². The van der Waals surface area contributed by atoms with E-state index in [2.05, 4.69) is 6.58 Å². The quantitative estimate of drug-likeness (QED) is 0.546. The van der Waals surface area contributed by atoms with Crippen LogP contribution in [0.3, 0.4) is 0 Å². The maximum atomic E-state index is 11.7. The lowest BCUT2D eigenvalue weighted by Gasteiger charge is -2.17. The van der Waals surface area contributed by atoms with Gasteiger partial charge in [-0.2, -0.15) is 0 Å². The maximum absolute atomic E-state index is 11.7. The molecule has 0 radical (unpaired) electrons. The molecule has 0 N–H and O–H groups in total. The Balaban J connectivity index is 2.24. The molecule has 1 aromatic carbocycles. The molecule has 0 saturated heterocycles. The van der Waals surface area contributed by atoms with Crippen molar-refractivity contribution in [2.24, 2.45) is 0 Å². The first-order valence-corrected chi connectivity index (χ1v) is 7.47. The van der Waals surface area contributed by atoms with Crippen molar-refractivity contribution in [1.82, 2.24) is 4.90 Å². The second-order valence-corrected chi connectivity index (χ2v) is 5.39. The Hall–Kier alpha value is -1.13. The molecule has 0 spiro atoms. The molecule has 0 aliphatic rings. The standard InChI is InChI=1S/C14H18ClNO2S/c1-3-9-19-11-14(17)16(2)7-8-18-13-6-4-5-12(15)10-13/h3-6,10H,1,7-9,11H2,2H3. The van der Waals surface area contributed by atoms with E-state index in [4.69, 9.17) is 16.3 Å². The van der Waals surface area contributed by atoms with Gasteiger partial charge in [0.15, 0.2) is 0 Å². The van der Waals surface area contributed by atoms with E-state index in [0.717, 1.165) is 11.5 Å². The first-order chi connectivity index (χ1) is 9.13. The predicted octanol–water partition coefficient (Wildman–Crippen LogP) is 3.10. The Labute approximate surface area is 123 Å². The highest BCUT2D eigenvalue weighted by Crippen LogP contribution is 2.16. The molecule has 5 heteroatoms. The van der Waals surface area contributed by atoms with Crippen molar-refractivity contribution in [2.45, 2.75) is 0 Å². The third-order valence-corrected chi connectivity index (χ3v) is 3.54. The number of ether oxygens (including phenoxy) is 1. The Kier molecular flexibility index (Phi) is 7.45. The predicted molar refractivity (Wildman–Crippen MR) is 82.1 cm³/mol. The number of likely N-dealkylation sites (N-methyl/N-ethyl adjacent to an activating group) is 1. The third kappa shape index (κ3) is 6.55. The van der Waals surface area contributed by atoms with Crippen molar-refractivity contribution in [3.8, 4) is 5.75 Å². The van der Waals surface area contributed by atoms with Crippen LogP contribution >= 0.6 is 23.4 Å². The van der Waals surface area contributed by atoms with Gasteiger partial charge in [-0.15, -0.1) is 18.3 Å². The molecule has 0 saturated carbocycles. The molecular weight excluding hydrogens is 282 g/mol. The highest BCUT2D eigenvalue weighted by molar-refractivity contribution is 8.00. The minimum atomic E-state index is 0.0987. The molecule has 0 heterocycles. The van der Waals surface area contributed by atoms with Crippen LogP contribution in [0.15, 0.2) is 36.9 Å². The van der Waals surface area contributed by atoms with E-state index in [9.17, 15) is 4.79 Å². The fourth-order valence-electron chi connectivity index (χ4n) is 1.32. The number of benzene rings is 1. The molecule has 1 amide bonds. The average molecular weight is 300 g/mol. The molecule has 19 heavy (non-hydrogen) atoms. The molecule has 1 rings (SSSR count). The van der Waals surface area contributed by atoms with Crippen molar-refractivity contribution in [1.29, 1.82) is 0 Å². The fraction of sp³-hybridized carbons (Fsp3) is 0.357. The Morgan fingerprint density at radius 2 is 2.37 bits per heavy atom. The van der Waals surface area contributed by atoms with Gasteiger partial charge in [-0.05, 0) is 18.2 Å². The SMILES string of the molecule is C=CCSCC(=O)N(C)CCOc1cccc(Cl)c1. The molecule has 0 aliphatic carbocycles. The van der Waals surface area contributed by atoms with E-state index in [1.165, 1.54) is 0 Å². The summed E-state index contributed by atoms with van der Waals surface area (Å²) in [5, 5.41) is 0.641. The van der Waals surface area contributed by atoms with Gasteiger partial charge in [-0.3, -0.25) is 4.79 Å². The van der Waals surface area contributed by atoms with Gasteiger partial charge >= 0.3 is 0 Å². The lowest BCUT2D eigenvalue weighted by atomic mass is 10.3. The van der Waals surface area contributed by atoms with Crippen molar-refractivity contribution < 1.29 is 9.53 Å². The molecule has 0 aliphatic heterocycles. The van der Waals surface area contributed by atoms with Gasteiger partial charge in [0.05, 0.1) is 12.3 Å². The minimum absolute atomic E-state index is 0.0987. The lowest BCUT2D eigenvalue weighted by molar-refractivity contribution is -0.127. The number of carbonyl (C=O) groups excluding carboxylic acids is 1. The summed E-state index contributed by atoms with van der Waals surface area (Å²) in [5.41, 5.74) is 0. The molecule has 0 unspecified atom stereocenters. The normalized spacial score (nSPS) is 10.0. The van der Waals surface area contributed by atoms with Crippen LogP contribution < -0.4 is 4.74 Å². The van der Waals surface area contributed by atoms with Gasteiger partial charge in [0.1, 0.15) is 12.4 Å². The van der Waals surface area contributed by atoms with Crippen molar-refractivity contribution >= 4 is 29.3 Å². The monoisotopic (exact) mass is 299 g/mol. The largest absolute Gasteiger partial charge is 0.492 e. The first kappa shape index (κ1) is 15.9. The van der Waals surface area contributed by atoms with E-state index >= 15 is 0 Å². The molecule has 1 aromatic rings. The maximum Gasteiger partial charge on any atom is 0.232 e. The summed E-state index contributed by atoms with van der Waals surface area (Å²) in [7, 11) is 1.78. The number of hydrogen-bond acceptors (Lipinski definition) is 3. The van der Waals surface area contributed by atoms with Crippen LogP contribution in [-0.2, 0) is 4.79 Å². The summed E-state index contributed by atoms with van der Waals surface area (Å²) < 4.78 is 5.53. The van der Waals surface area contributed by atoms with Gasteiger partial charge in [0, 0.05) is 17.8 Å². The van der Waals surface area contributed by atoms with E-state index < -0.39 is 0 Å². The van der Waals surface area contributed by atoms with Crippen molar-refractivity contribution in [3.05, 3.63) is 41.9 Å². The number of carbonyl (C=O) groups is 1. The summed E-state index contributed by atoms with van der Waals surface area (Å²) in [5.74, 6) is 2.08.